The number of aliphatic carboxylic acids is 1. The molecule has 2 aromatic carbocycles. The number of carbonyl (C=O) groups is 3. The van der Waals surface area contributed by atoms with E-state index in [1.807, 2.05) is 45.0 Å². The zero-order chi connectivity index (χ0) is 25.2. The van der Waals surface area contributed by atoms with E-state index in [1.54, 1.807) is 4.90 Å². The molecule has 0 radical (unpaired) electrons. The highest BCUT2D eigenvalue weighted by Crippen LogP contribution is 2.44. The van der Waals surface area contributed by atoms with Crippen molar-refractivity contribution in [2.24, 2.45) is 10.8 Å². The van der Waals surface area contributed by atoms with Crippen LogP contribution in [0.5, 0.6) is 0 Å². The van der Waals surface area contributed by atoms with Gasteiger partial charge in [0.05, 0.1) is 5.41 Å². The smallest absolute Gasteiger partial charge is 0.407 e. The molecule has 0 unspecified atom stereocenters. The molecule has 1 aliphatic carbocycles. The van der Waals surface area contributed by atoms with E-state index in [4.69, 9.17) is 4.74 Å². The number of carboxylic acid groups (broad SMARTS) is 1. The van der Waals surface area contributed by atoms with Gasteiger partial charge in [-0.2, -0.15) is 0 Å². The Kier molecular flexibility index (Phi) is 6.88. The number of carboxylic acids is 1. The van der Waals surface area contributed by atoms with Crippen LogP contribution in [0.25, 0.3) is 11.1 Å². The summed E-state index contributed by atoms with van der Waals surface area (Å²) in [6, 6.07) is 16.3. The first-order valence-corrected chi connectivity index (χ1v) is 12.4. The molecule has 2 aliphatic rings. The first-order chi connectivity index (χ1) is 16.8. The second-order valence-electron chi connectivity index (χ2n) is 9.77. The molecule has 1 fully saturated rings. The maximum atomic E-state index is 13.3. The number of benzene rings is 2. The largest absolute Gasteiger partial charge is 0.481 e. The van der Waals surface area contributed by atoms with Gasteiger partial charge in [-0.05, 0) is 41.5 Å². The number of carbonyl (C=O) groups excluding carboxylic acids is 2. The lowest BCUT2D eigenvalue weighted by atomic mass is 9.73. The monoisotopic (exact) mass is 478 g/mol. The number of ether oxygens (including phenoxy) is 1. The Bertz CT molecular complexity index is 1070. The van der Waals surface area contributed by atoms with Crippen LogP contribution in [0.3, 0.4) is 0 Å². The fraction of sp³-hybridized carbons (Fsp3) is 0.464. The predicted octanol–water partition coefficient (Wildman–Crippen LogP) is 4.65. The summed E-state index contributed by atoms with van der Waals surface area (Å²) in [5.74, 6) is -0.998. The van der Waals surface area contributed by atoms with Crippen LogP contribution in [-0.4, -0.2) is 54.2 Å². The predicted molar refractivity (Wildman–Crippen MR) is 133 cm³/mol. The number of rotatable bonds is 9. The van der Waals surface area contributed by atoms with Crippen LogP contribution in [0.1, 0.15) is 57.1 Å². The number of hydrogen-bond donors (Lipinski definition) is 2. The van der Waals surface area contributed by atoms with Gasteiger partial charge >= 0.3 is 12.1 Å². The van der Waals surface area contributed by atoms with Gasteiger partial charge in [-0.15, -0.1) is 0 Å². The molecule has 0 spiro atoms. The molecular weight excluding hydrogens is 444 g/mol. The van der Waals surface area contributed by atoms with E-state index < -0.39 is 22.9 Å². The molecule has 2 amide bonds. The summed E-state index contributed by atoms with van der Waals surface area (Å²) in [6.45, 7) is 6.47. The van der Waals surface area contributed by atoms with E-state index in [1.165, 1.54) is 0 Å². The summed E-state index contributed by atoms with van der Waals surface area (Å²) < 4.78 is 5.63. The molecule has 7 nitrogen and oxygen atoms in total. The summed E-state index contributed by atoms with van der Waals surface area (Å²) in [7, 11) is 0. The average molecular weight is 479 g/mol. The van der Waals surface area contributed by atoms with Gasteiger partial charge in [0.1, 0.15) is 12.0 Å². The molecule has 1 saturated heterocycles. The number of alkyl carbamates (subject to hydrolysis) is 1. The van der Waals surface area contributed by atoms with Crippen molar-refractivity contribution in [2.45, 2.75) is 46.0 Å². The maximum absolute atomic E-state index is 13.3. The molecule has 4 rings (SSSR count). The summed E-state index contributed by atoms with van der Waals surface area (Å²) >= 11 is 0. The average Bonchev–Trinajstić information content (AvgIpc) is 3.17. The summed E-state index contributed by atoms with van der Waals surface area (Å²) in [5.41, 5.74) is 2.97. The Morgan fingerprint density at radius 2 is 1.54 bits per heavy atom. The lowest BCUT2D eigenvalue weighted by molar-refractivity contribution is -0.171. The molecule has 0 atom stereocenters. The van der Waals surface area contributed by atoms with Crippen molar-refractivity contribution in [3.8, 4) is 11.1 Å². The third kappa shape index (κ3) is 4.28. The fourth-order valence-electron chi connectivity index (χ4n) is 5.44. The lowest BCUT2D eigenvalue weighted by Gasteiger charge is -2.50. The number of amides is 2. The van der Waals surface area contributed by atoms with Gasteiger partial charge in [0.15, 0.2) is 0 Å². The highest BCUT2D eigenvalue weighted by molar-refractivity contribution is 5.87. The van der Waals surface area contributed by atoms with E-state index in [0.717, 1.165) is 22.3 Å². The maximum Gasteiger partial charge on any atom is 0.407 e. The third-order valence-electron chi connectivity index (χ3n) is 8.13. The highest BCUT2D eigenvalue weighted by Gasteiger charge is 2.53. The van der Waals surface area contributed by atoms with E-state index in [-0.39, 0.29) is 38.1 Å². The van der Waals surface area contributed by atoms with Gasteiger partial charge in [0.2, 0.25) is 5.91 Å². The summed E-state index contributed by atoms with van der Waals surface area (Å²) in [4.78, 5) is 39.3. The normalized spacial score (nSPS) is 16.1. The minimum atomic E-state index is -0.862. The van der Waals surface area contributed by atoms with Crippen molar-refractivity contribution in [3.63, 3.8) is 0 Å². The number of nitrogens with one attached hydrogen (secondary N) is 1. The molecule has 2 N–H and O–H groups in total. The second-order valence-corrected chi connectivity index (χ2v) is 9.77. The zero-order valence-corrected chi connectivity index (χ0v) is 20.7. The number of hydrogen-bond acceptors (Lipinski definition) is 4. The molecule has 35 heavy (non-hydrogen) atoms. The van der Waals surface area contributed by atoms with Crippen molar-refractivity contribution < 1.29 is 24.2 Å². The third-order valence-corrected chi connectivity index (χ3v) is 8.13. The van der Waals surface area contributed by atoms with E-state index in [0.29, 0.717) is 19.3 Å². The Labute approximate surface area is 206 Å². The summed E-state index contributed by atoms with van der Waals surface area (Å²) in [6.07, 6.45) is 1.00. The van der Waals surface area contributed by atoms with Crippen LogP contribution < -0.4 is 5.32 Å². The quantitative estimate of drug-likeness (QED) is 0.547. The number of likely N-dealkylation sites (tertiary alicyclic amines) is 1. The van der Waals surface area contributed by atoms with E-state index in [2.05, 4.69) is 29.6 Å². The van der Waals surface area contributed by atoms with E-state index >= 15 is 0 Å². The molecule has 0 saturated carbocycles. The van der Waals surface area contributed by atoms with E-state index in [9.17, 15) is 19.5 Å². The number of nitrogens with zero attached hydrogens (tertiary/aromatic N) is 1. The molecule has 186 valence electrons. The Balaban J connectivity index is 1.38. The first kappa shape index (κ1) is 24.8. The van der Waals surface area contributed by atoms with Crippen molar-refractivity contribution in [1.29, 1.82) is 0 Å². The zero-order valence-electron chi connectivity index (χ0n) is 20.7. The second kappa shape index (κ2) is 9.72. The molecular formula is C28H34N2O5. The van der Waals surface area contributed by atoms with Crippen LogP contribution in [-0.2, 0) is 14.3 Å². The van der Waals surface area contributed by atoms with Crippen LogP contribution in [0.15, 0.2) is 48.5 Å². The molecule has 1 heterocycles. The topological polar surface area (TPSA) is 95.9 Å². The van der Waals surface area contributed by atoms with Crippen molar-refractivity contribution in [3.05, 3.63) is 59.7 Å². The van der Waals surface area contributed by atoms with Crippen LogP contribution in [0, 0.1) is 10.8 Å². The molecule has 7 heteroatoms. The van der Waals surface area contributed by atoms with Crippen LogP contribution in [0.2, 0.25) is 0 Å². The minimum absolute atomic E-state index is 0.0313. The summed E-state index contributed by atoms with van der Waals surface area (Å²) in [5, 5.41) is 12.4. The van der Waals surface area contributed by atoms with Crippen molar-refractivity contribution >= 4 is 18.0 Å². The SMILES string of the molecule is CCC1(C(=O)O)CN(C(=O)C(CC)(CC)CNC(=O)OCC2c3ccccc3-c3ccccc32)C1. The molecule has 2 aromatic rings. The van der Waals surface area contributed by atoms with Gasteiger partial charge in [-0.25, -0.2) is 4.79 Å². The molecule has 1 aliphatic heterocycles. The minimum Gasteiger partial charge on any atom is -0.481 e. The van der Waals surface area contributed by atoms with Gasteiger partial charge in [-0.1, -0.05) is 69.3 Å². The van der Waals surface area contributed by atoms with Crippen molar-refractivity contribution in [1.82, 2.24) is 10.2 Å². The lowest BCUT2D eigenvalue weighted by Crippen LogP contribution is -2.65. The Morgan fingerprint density at radius 3 is 2.03 bits per heavy atom. The first-order valence-electron chi connectivity index (χ1n) is 12.4. The standard InChI is InChI=1S/C28H34N2O5/c1-4-27(5-2,24(31)30-17-28(6-3,18-30)25(32)33)16-29-26(34)35-15-23-21-13-9-7-11-19(21)20-12-8-10-14-22(20)23/h7-14,23H,4-6,15-18H2,1-3H3,(H,29,34)(H,32,33). The molecule has 0 bridgehead atoms. The van der Waals surface area contributed by atoms with Gasteiger partial charge < -0.3 is 20.1 Å². The van der Waals surface area contributed by atoms with Crippen LogP contribution in [0.4, 0.5) is 4.79 Å². The number of fused-ring (bicyclic) bond motifs is 3. The van der Waals surface area contributed by atoms with Gasteiger partial charge in [-0.3, -0.25) is 9.59 Å². The van der Waals surface area contributed by atoms with Gasteiger partial charge in [0, 0.05) is 25.6 Å². The Hall–Kier alpha value is -3.35. The molecule has 0 aromatic heterocycles. The fourth-order valence-corrected chi connectivity index (χ4v) is 5.44. The highest BCUT2D eigenvalue weighted by atomic mass is 16.5. The van der Waals surface area contributed by atoms with Crippen LogP contribution >= 0.6 is 0 Å². The Morgan fingerprint density at radius 1 is 1.00 bits per heavy atom. The van der Waals surface area contributed by atoms with Crippen molar-refractivity contribution in [2.75, 3.05) is 26.2 Å². The van der Waals surface area contributed by atoms with Gasteiger partial charge in [0.25, 0.3) is 0 Å².